The molecule has 1 fully saturated rings. The molecule has 0 spiro atoms. The van der Waals surface area contributed by atoms with Gasteiger partial charge < -0.3 is 15.2 Å². The Morgan fingerprint density at radius 3 is 2.81 bits per heavy atom. The number of nitrogens with zero attached hydrogens (tertiary/aromatic N) is 5. The number of aromatic nitrogens is 4. The molecule has 0 unspecified atom stereocenters. The summed E-state index contributed by atoms with van der Waals surface area (Å²) in [6.45, 7) is 1.45. The van der Waals surface area contributed by atoms with E-state index in [1.165, 1.54) is 10.6 Å². The van der Waals surface area contributed by atoms with Gasteiger partial charge in [-0.25, -0.2) is 14.4 Å². The fourth-order valence-electron chi connectivity index (χ4n) is 3.19. The van der Waals surface area contributed by atoms with Crippen LogP contribution in [-0.4, -0.2) is 56.6 Å². The SMILES string of the molecule is Nc1nc2c3c(ccc2c2nc(CCN4CC(F)C4)nn12)OC(F)(F)O3. The maximum atomic E-state index is 13.4. The zero-order valence-electron chi connectivity index (χ0n) is 13.3. The van der Waals surface area contributed by atoms with Crippen LogP contribution >= 0.6 is 0 Å². The van der Waals surface area contributed by atoms with Gasteiger partial charge in [0.25, 0.3) is 0 Å². The summed E-state index contributed by atoms with van der Waals surface area (Å²) in [5.41, 5.74) is 6.43. The Morgan fingerprint density at radius 1 is 1.23 bits per heavy atom. The minimum atomic E-state index is -3.75. The van der Waals surface area contributed by atoms with Crippen molar-refractivity contribution in [3.8, 4) is 11.5 Å². The van der Waals surface area contributed by atoms with E-state index in [9.17, 15) is 13.2 Å². The number of ether oxygens (including phenoxy) is 2. The van der Waals surface area contributed by atoms with Crippen LogP contribution in [-0.2, 0) is 6.42 Å². The van der Waals surface area contributed by atoms with Crippen LogP contribution in [0.5, 0.6) is 11.5 Å². The highest BCUT2D eigenvalue weighted by atomic mass is 19.3. The van der Waals surface area contributed by atoms with Gasteiger partial charge in [-0.2, -0.15) is 4.52 Å². The first-order chi connectivity index (χ1) is 12.4. The lowest BCUT2D eigenvalue weighted by atomic mass is 10.2. The minimum absolute atomic E-state index is 0.00811. The number of hydrogen-bond donors (Lipinski definition) is 1. The van der Waals surface area contributed by atoms with Crippen LogP contribution in [0, 0.1) is 0 Å². The summed E-state index contributed by atoms with van der Waals surface area (Å²) in [5.74, 6) is 0.209. The van der Waals surface area contributed by atoms with E-state index in [1.54, 1.807) is 6.07 Å². The molecule has 1 saturated heterocycles. The number of benzene rings is 1. The summed E-state index contributed by atoms with van der Waals surface area (Å²) in [5, 5.41) is 4.78. The van der Waals surface area contributed by atoms with E-state index in [4.69, 9.17) is 5.73 Å². The lowest BCUT2D eigenvalue weighted by molar-refractivity contribution is -0.286. The van der Waals surface area contributed by atoms with Crippen molar-refractivity contribution < 1.29 is 22.6 Å². The number of likely N-dealkylation sites (tertiary alicyclic amines) is 1. The molecule has 4 heterocycles. The second kappa shape index (κ2) is 5.10. The van der Waals surface area contributed by atoms with E-state index in [0.717, 1.165) is 0 Å². The van der Waals surface area contributed by atoms with Crippen LogP contribution in [0.25, 0.3) is 16.6 Å². The van der Waals surface area contributed by atoms with Crippen LogP contribution in [0.4, 0.5) is 19.1 Å². The maximum absolute atomic E-state index is 13.4. The molecular weight excluding hydrogens is 353 g/mol. The summed E-state index contributed by atoms with van der Waals surface area (Å²) >= 11 is 0. The molecule has 2 aliphatic heterocycles. The molecule has 0 amide bonds. The van der Waals surface area contributed by atoms with Crippen LogP contribution in [0.15, 0.2) is 12.1 Å². The molecule has 0 bridgehead atoms. The van der Waals surface area contributed by atoms with E-state index >= 15 is 0 Å². The second-order valence-corrected chi connectivity index (χ2v) is 6.30. The first kappa shape index (κ1) is 15.4. The summed E-state index contributed by atoms with van der Waals surface area (Å²) in [4.78, 5) is 10.5. The molecule has 1 aromatic carbocycles. The molecule has 0 aliphatic carbocycles. The van der Waals surface area contributed by atoms with Crippen molar-refractivity contribution in [2.75, 3.05) is 25.4 Å². The third-order valence-corrected chi connectivity index (χ3v) is 4.44. The van der Waals surface area contributed by atoms with Gasteiger partial charge in [0.2, 0.25) is 5.95 Å². The molecule has 2 aliphatic rings. The topological polar surface area (TPSA) is 90.8 Å². The van der Waals surface area contributed by atoms with E-state index in [0.29, 0.717) is 42.9 Å². The zero-order chi connectivity index (χ0) is 18.1. The largest absolute Gasteiger partial charge is 0.586 e. The Labute approximate surface area is 144 Å². The van der Waals surface area contributed by atoms with Gasteiger partial charge in [-0.1, -0.05) is 0 Å². The van der Waals surface area contributed by atoms with Crippen LogP contribution in [0.1, 0.15) is 5.82 Å². The van der Waals surface area contributed by atoms with Crippen LogP contribution < -0.4 is 15.2 Å². The van der Waals surface area contributed by atoms with Gasteiger partial charge in [-0.3, -0.25) is 4.90 Å². The number of nitrogen functional groups attached to an aromatic ring is 1. The summed E-state index contributed by atoms with van der Waals surface area (Å²) in [6.07, 6.45) is -4.00. The summed E-state index contributed by atoms with van der Waals surface area (Å²) in [6, 6.07) is 2.93. The fraction of sp³-hybridized carbons (Fsp3) is 0.400. The lowest BCUT2D eigenvalue weighted by Crippen LogP contribution is -2.48. The van der Waals surface area contributed by atoms with Crippen LogP contribution in [0.3, 0.4) is 0 Å². The molecule has 136 valence electrons. The zero-order valence-corrected chi connectivity index (χ0v) is 13.3. The first-order valence-electron chi connectivity index (χ1n) is 8.00. The average Bonchev–Trinajstić information content (AvgIpc) is 3.10. The Balaban J connectivity index is 1.55. The molecule has 26 heavy (non-hydrogen) atoms. The minimum Gasteiger partial charge on any atom is -0.395 e. The van der Waals surface area contributed by atoms with Crippen molar-refractivity contribution in [2.24, 2.45) is 0 Å². The highest BCUT2D eigenvalue weighted by Gasteiger charge is 2.45. The molecule has 3 aromatic rings. The highest BCUT2D eigenvalue weighted by Crippen LogP contribution is 2.45. The maximum Gasteiger partial charge on any atom is 0.586 e. The molecule has 8 nitrogen and oxygen atoms in total. The van der Waals surface area contributed by atoms with Crippen molar-refractivity contribution in [1.82, 2.24) is 24.5 Å². The number of anilines is 1. The summed E-state index contributed by atoms with van der Waals surface area (Å²) < 4.78 is 49.9. The predicted octanol–water partition coefficient (Wildman–Crippen LogP) is 1.38. The Hall–Kier alpha value is -2.82. The highest BCUT2D eigenvalue weighted by molar-refractivity contribution is 5.97. The summed E-state index contributed by atoms with van der Waals surface area (Å²) in [7, 11) is 0. The molecule has 0 atom stereocenters. The van der Waals surface area contributed by atoms with Gasteiger partial charge >= 0.3 is 6.29 Å². The van der Waals surface area contributed by atoms with E-state index in [1.807, 2.05) is 4.90 Å². The molecule has 2 N–H and O–H groups in total. The van der Waals surface area contributed by atoms with Crippen molar-refractivity contribution in [1.29, 1.82) is 0 Å². The third kappa shape index (κ3) is 2.30. The Morgan fingerprint density at radius 2 is 2.04 bits per heavy atom. The second-order valence-electron chi connectivity index (χ2n) is 6.30. The standard InChI is InChI=1S/C15H13F3N6O2/c16-7-5-23(6-7)4-3-10-20-13-8-1-2-9-12(26-15(17,18)25-9)11(8)21-14(19)24(13)22-10/h1-2,7H,3-6H2,(H2,19,21). The number of rotatable bonds is 3. The molecule has 2 aromatic heterocycles. The van der Waals surface area contributed by atoms with Gasteiger partial charge in [0.1, 0.15) is 11.7 Å². The normalized spacial score (nSPS) is 19.3. The number of hydrogen-bond acceptors (Lipinski definition) is 7. The Bertz CT molecular complexity index is 1030. The van der Waals surface area contributed by atoms with Gasteiger partial charge in [0.05, 0.1) is 0 Å². The van der Waals surface area contributed by atoms with Crippen molar-refractivity contribution >= 4 is 22.5 Å². The van der Waals surface area contributed by atoms with Gasteiger partial charge in [-0.15, -0.1) is 13.9 Å². The smallest absolute Gasteiger partial charge is 0.395 e. The monoisotopic (exact) mass is 366 g/mol. The van der Waals surface area contributed by atoms with Gasteiger partial charge in [-0.05, 0) is 12.1 Å². The average molecular weight is 366 g/mol. The van der Waals surface area contributed by atoms with Gasteiger partial charge in [0, 0.05) is 31.4 Å². The van der Waals surface area contributed by atoms with E-state index in [-0.39, 0.29) is 23.0 Å². The van der Waals surface area contributed by atoms with E-state index in [2.05, 4.69) is 24.5 Å². The first-order valence-corrected chi connectivity index (χ1v) is 8.00. The van der Waals surface area contributed by atoms with Crippen molar-refractivity contribution in [2.45, 2.75) is 18.9 Å². The quantitative estimate of drug-likeness (QED) is 0.749. The lowest BCUT2D eigenvalue weighted by Gasteiger charge is -2.33. The molecule has 11 heteroatoms. The van der Waals surface area contributed by atoms with Gasteiger partial charge in [0.15, 0.2) is 23.0 Å². The number of nitrogens with two attached hydrogens (primary N) is 1. The van der Waals surface area contributed by atoms with Crippen molar-refractivity contribution in [3.63, 3.8) is 0 Å². The Kier molecular flexibility index (Phi) is 3.03. The number of alkyl halides is 3. The van der Waals surface area contributed by atoms with E-state index < -0.39 is 12.5 Å². The molecule has 0 saturated carbocycles. The van der Waals surface area contributed by atoms with Crippen molar-refractivity contribution in [3.05, 3.63) is 18.0 Å². The predicted molar refractivity (Wildman–Crippen MR) is 83.9 cm³/mol. The fourth-order valence-corrected chi connectivity index (χ4v) is 3.19. The molecule has 0 radical (unpaired) electrons. The third-order valence-electron chi connectivity index (χ3n) is 4.44. The number of fused-ring (bicyclic) bond motifs is 5. The molecule has 5 rings (SSSR count). The van der Waals surface area contributed by atoms with Crippen LogP contribution in [0.2, 0.25) is 0 Å². The number of halogens is 3. The molecular formula is C15H13F3N6O2.